The zero-order valence-corrected chi connectivity index (χ0v) is 23.2. The third kappa shape index (κ3) is 6.05. The second-order valence-corrected chi connectivity index (χ2v) is 13.2. The molecule has 5 heteroatoms. The number of rotatable bonds is 9. The molecular formula is C31H41N2O2P. The van der Waals surface area contributed by atoms with Crippen molar-refractivity contribution in [1.82, 2.24) is 0 Å². The predicted octanol–water partition coefficient (Wildman–Crippen LogP) is 7.94. The summed E-state index contributed by atoms with van der Waals surface area (Å²) in [7, 11) is 0.618. The smallest absolute Gasteiger partial charge is 0.258 e. The maximum atomic E-state index is 15.4. The number of para-hydroxylation sites is 1. The molecule has 1 saturated carbocycles. The predicted molar refractivity (Wildman–Crippen MR) is 153 cm³/mol. The van der Waals surface area contributed by atoms with E-state index < -0.39 is 13.2 Å². The first kappa shape index (κ1) is 26.5. The van der Waals surface area contributed by atoms with Gasteiger partial charge in [-0.3, -0.25) is 4.57 Å². The molecule has 4 rings (SSSR count). The summed E-state index contributed by atoms with van der Waals surface area (Å²) < 4.78 is 22.4. The van der Waals surface area contributed by atoms with Gasteiger partial charge in [-0.1, -0.05) is 75.7 Å². The lowest BCUT2D eigenvalue weighted by atomic mass is 9.75. The molecule has 1 fully saturated rings. The molecule has 0 unspecified atom stereocenters. The van der Waals surface area contributed by atoms with Crippen molar-refractivity contribution in [3.63, 3.8) is 0 Å². The number of nitrogens with zero attached hydrogens (tertiary/aromatic N) is 1. The molecule has 1 aliphatic rings. The van der Waals surface area contributed by atoms with Gasteiger partial charge in [0.2, 0.25) is 0 Å². The Labute approximate surface area is 217 Å². The van der Waals surface area contributed by atoms with Gasteiger partial charge in [-0.2, -0.15) is 0 Å². The van der Waals surface area contributed by atoms with Crippen LogP contribution >= 0.6 is 7.37 Å². The van der Waals surface area contributed by atoms with Crippen LogP contribution in [-0.4, -0.2) is 20.2 Å². The fourth-order valence-electron chi connectivity index (χ4n) is 5.36. The Kier molecular flexibility index (Phi) is 8.59. The van der Waals surface area contributed by atoms with Crippen molar-refractivity contribution in [3.05, 3.63) is 90.5 Å². The molecule has 0 saturated heterocycles. The van der Waals surface area contributed by atoms with E-state index in [9.17, 15) is 0 Å². The molecule has 0 spiro atoms. The maximum Gasteiger partial charge on any atom is 0.258 e. The maximum absolute atomic E-state index is 15.4. The fraction of sp³-hybridized carbons (Fsp3) is 0.419. The molecule has 0 amide bonds. The van der Waals surface area contributed by atoms with Crippen LogP contribution in [0.15, 0.2) is 84.9 Å². The molecule has 0 radical (unpaired) electrons. The van der Waals surface area contributed by atoms with Crippen LogP contribution in [0.4, 0.5) is 11.4 Å². The van der Waals surface area contributed by atoms with Gasteiger partial charge >= 0.3 is 0 Å². The van der Waals surface area contributed by atoms with Crippen LogP contribution in [0, 0.1) is 17.8 Å². The normalized spacial score (nSPS) is 22.6. The Morgan fingerprint density at radius 3 is 2.08 bits per heavy atom. The average Bonchev–Trinajstić information content (AvgIpc) is 2.88. The van der Waals surface area contributed by atoms with Crippen LogP contribution in [0.5, 0.6) is 0 Å². The van der Waals surface area contributed by atoms with Gasteiger partial charge in [-0.15, -0.1) is 0 Å². The topological polar surface area (TPSA) is 41.6 Å². The SMILES string of the molecule is CC(C)[C@H]1CC[C@@H](C)C[C@H]1O[P@@](=O)(c1ccc(N(C)C)cc1)[C@@H](Nc1ccccc1)c1ccccc1. The Morgan fingerprint density at radius 1 is 0.889 bits per heavy atom. The summed E-state index contributed by atoms with van der Waals surface area (Å²) in [5, 5.41) is 4.37. The first-order valence-electron chi connectivity index (χ1n) is 13.2. The summed E-state index contributed by atoms with van der Waals surface area (Å²) in [5.74, 6) is 0.927. The number of hydrogen-bond acceptors (Lipinski definition) is 4. The van der Waals surface area contributed by atoms with Gasteiger partial charge in [0.15, 0.2) is 0 Å². The third-order valence-electron chi connectivity index (χ3n) is 7.51. The molecule has 5 atom stereocenters. The molecule has 36 heavy (non-hydrogen) atoms. The van der Waals surface area contributed by atoms with Crippen LogP contribution < -0.4 is 15.5 Å². The van der Waals surface area contributed by atoms with Gasteiger partial charge in [-0.25, -0.2) is 0 Å². The first-order valence-corrected chi connectivity index (χ1v) is 14.9. The minimum Gasteiger partial charge on any atom is -0.378 e. The summed E-state index contributed by atoms with van der Waals surface area (Å²) in [6, 6.07) is 28.2. The van der Waals surface area contributed by atoms with Gasteiger partial charge < -0.3 is 14.7 Å². The molecule has 1 N–H and O–H groups in total. The van der Waals surface area contributed by atoms with Gasteiger partial charge in [-0.05, 0) is 72.6 Å². The summed E-state index contributed by atoms with van der Waals surface area (Å²) >= 11 is 0. The highest BCUT2D eigenvalue weighted by Crippen LogP contribution is 2.61. The molecule has 0 aliphatic heterocycles. The molecule has 3 aromatic rings. The zero-order valence-electron chi connectivity index (χ0n) is 22.3. The van der Waals surface area contributed by atoms with E-state index in [0.29, 0.717) is 17.8 Å². The zero-order chi connectivity index (χ0) is 25.7. The van der Waals surface area contributed by atoms with Crippen molar-refractivity contribution in [2.45, 2.75) is 51.9 Å². The van der Waals surface area contributed by atoms with Crippen molar-refractivity contribution < 1.29 is 9.09 Å². The van der Waals surface area contributed by atoms with E-state index in [1.807, 2.05) is 99.0 Å². The van der Waals surface area contributed by atoms with Gasteiger partial charge in [0, 0.05) is 30.8 Å². The van der Waals surface area contributed by atoms with Gasteiger partial charge in [0.05, 0.1) is 6.10 Å². The van der Waals surface area contributed by atoms with E-state index in [1.165, 1.54) is 6.42 Å². The summed E-state index contributed by atoms with van der Waals surface area (Å²) in [5.41, 5.74) is 2.97. The highest BCUT2D eigenvalue weighted by Gasteiger charge is 2.43. The molecular weight excluding hydrogens is 463 g/mol. The van der Waals surface area contributed by atoms with E-state index in [0.717, 1.165) is 35.1 Å². The average molecular weight is 505 g/mol. The Bertz CT molecular complexity index is 1130. The molecule has 192 valence electrons. The lowest BCUT2D eigenvalue weighted by Crippen LogP contribution is -2.35. The van der Waals surface area contributed by atoms with E-state index in [-0.39, 0.29) is 6.10 Å². The van der Waals surface area contributed by atoms with Crippen molar-refractivity contribution in [2.75, 3.05) is 24.3 Å². The standard InChI is InChI=1S/C31H41N2O2P/c1-23(2)29-21-16-24(3)22-30(29)35-36(34,28-19-17-27(18-20-28)33(4)5)31(25-12-8-6-9-13-25)32-26-14-10-7-11-15-26/h6-15,17-20,23-24,29-32H,16,21-22H2,1-5H3/t24-,29-,30-,31-,36+/m1/s1. The molecule has 1 aliphatic carbocycles. The van der Waals surface area contributed by atoms with Crippen LogP contribution in [0.2, 0.25) is 0 Å². The van der Waals surface area contributed by atoms with Crippen LogP contribution in [0.25, 0.3) is 0 Å². The minimum atomic E-state index is -3.42. The Morgan fingerprint density at radius 2 is 1.50 bits per heavy atom. The molecule has 4 nitrogen and oxygen atoms in total. The Balaban J connectivity index is 1.83. The molecule has 0 aromatic heterocycles. The van der Waals surface area contributed by atoms with Crippen molar-refractivity contribution >= 4 is 24.0 Å². The van der Waals surface area contributed by atoms with Crippen molar-refractivity contribution in [3.8, 4) is 0 Å². The van der Waals surface area contributed by atoms with Crippen LogP contribution in [0.3, 0.4) is 0 Å². The number of nitrogens with one attached hydrogen (secondary N) is 1. The largest absolute Gasteiger partial charge is 0.378 e. The summed E-state index contributed by atoms with van der Waals surface area (Å²) in [6.07, 6.45) is 3.21. The highest BCUT2D eigenvalue weighted by molar-refractivity contribution is 7.67. The minimum absolute atomic E-state index is 0.0445. The number of benzene rings is 3. The van der Waals surface area contributed by atoms with Crippen LogP contribution in [-0.2, 0) is 9.09 Å². The van der Waals surface area contributed by atoms with Crippen molar-refractivity contribution in [1.29, 1.82) is 0 Å². The van der Waals surface area contributed by atoms with Gasteiger partial charge in [0.1, 0.15) is 5.78 Å². The second-order valence-electron chi connectivity index (χ2n) is 10.8. The van der Waals surface area contributed by atoms with Crippen molar-refractivity contribution in [2.24, 2.45) is 17.8 Å². The lowest BCUT2D eigenvalue weighted by molar-refractivity contribution is 0.0489. The van der Waals surface area contributed by atoms with E-state index in [2.05, 4.69) is 31.0 Å². The number of hydrogen-bond donors (Lipinski definition) is 1. The summed E-state index contributed by atoms with van der Waals surface area (Å²) in [6.45, 7) is 6.83. The van der Waals surface area contributed by atoms with Gasteiger partial charge in [0.25, 0.3) is 7.37 Å². The molecule has 3 aromatic carbocycles. The first-order chi connectivity index (χ1) is 17.3. The van der Waals surface area contributed by atoms with Crippen LogP contribution in [0.1, 0.15) is 51.4 Å². The fourth-order valence-corrected chi connectivity index (χ4v) is 7.99. The highest BCUT2D eigenvalue weighted by atomic mass is 31.2. The molecule has 0 bridgehead atoms. The van der Waals surface area contributed by atoms with E-state index in [1.54, 1.807) is 0 Å². The second kappa shape index (κ2) is 11.7. The van der Waals surface area contributed by atoms with E-state index >= 15 is 4.57 Å². The lowest BCUT2D eigenvalue weighted by Gasteiger charge is -2.41. The summed E-state index contributed by atoms with van der Waals surface area (Å²) in [4.78, 5) is 2.06. The monoisotopic (exact) mass is 504 g/mol. The molecule has 0 heterocycles. The number of anilines is 2. The van der Waals surface area contributed by atoms with E-state index in [4.69, 9.17) is 4.52 Å². The quantitative estimate of drug-likeness (QED) is 0.300. The Hall–Kier alpha value is -2.55. The third-order valence-corrected chi connectivity index (χ3v) is 10.2.